The summed E-state index contributed by atoms with van der Waals surface area (Å²) in [4.78, 5) is 15.3. The zero-order valence-corrected chi connectivity index (χ0v) is 24.7. The molecular formula is C41H25N5. The fraction of sp³-hybridized carbons (Fsp3) is 0. The standard InChI is InChI=1S/C41H25N5/c1-2-12-26(13-3-1)40-30-17-6-8-18-34(30)43-41(44-40)46-35-19-9-7-16-29(35)32-24-33-31-22-27-14-4-5-15-28(27)23-36(31)45(37(33)25-38(32)46)39-20-10-11-21-42-39/h1-25H. The Hall–Kier alpha value is -6.33. The van der Waals surface area contributed by atoms with Gasteiger partial charge in [0.1, 0.15) is 5.82 Å². The summed E-state index contributed by atoms with van der Waals surface area (Å²) in [6, 6.07) is 51.1. The fourth-order valence-electron chi connectivity index (χ4n) is 7.09. The molecule has 0 unspecified atom stereocenters. The molecule has 0 spiro atoms. The minimum absolute atomic E-state index is 0.648. The van der Waals surface area contributed by atoms with E-state index < -0.39 is 0 Å². The van der Waals surface area contributed by atoms with E-state index in [1.807, 2.05) is 30.5 Å². The van der Waals surface area contributed by atoms with Crippen LogP contribution in [0.3, 0.4) is 0 Å². The molecule has 10 aromatic rings. The van der Waals surface area contributed by atoms with E-state index in [-0.39, 0.29) is 0 Å². The number of nitrogens with zero attached hydrogens (tertiary/aromatic N) is 5. The maximum absolute atomic E-state index is 5.29. The average Bonchev–Trinajstić information content (AvgIpc) is 3.61. The van der Waals surface area contributed by atoms with Gasteiger partial charge in [-0.2, -0.15) is 0 Å². The lowest BCUT2D eigenvalue weighted by Gasteiger charge is -2.12. The van der Waals surface area contributed by atoms with Gasteiger partial charge in [0.05, 0.1) is 33.3 Å². The van der Waals surface area contributed by atoms with Gasteiger partial charge < -0.3 is 0 Å². The second-order valence-electron chi connectivity index (χ2n) is 11.7. The first-order valence-corrected chi connectivity index (χ1v) is 15.5. The summed E-state index contributed by atoms with van der Waals surface area (Å²) in [5, 5.41) is 8.16. The Morgan fingerprint density at radius 3 is 1.91 bits per heavy atom. The van der Waals surface area contributed by atoms with Gasteiger partial charge in [-0.3, -0.25) is 9.13 Å². The quantitative estimate of drug-likeness (QED) is 0.207. The SMILES string of the molecule is c1ccc(-c2nc(-n3c4ccccc4c4cc5c6cc7ccccc7cc6n(-c6ccccn6)c5cc43)nc3ccccc23)cc1. The lowest BCUT2D eigenvalue weighted by molar-refractivity contribution is 1.01. The van der Waals surface area contributed by atoms with Gasteiger partial charge in [-0.05, 0) is 59.3 Å². The van der Waals surface area contributed by atoms with Crippen LogP contribution >= 0.6 is 0 Å². The molecule has 0 radical (unpaired) electrons. The molecular weight excluding hydrogens is 562 g/mol. The number of hydrogen-bond acceptors (Lipinski definition) is 3. The number of hydrogen-bond donors (Lipinski definition) is 0. The Morgan fingerprint density at radius 2 is 1.07 bits per heavy atom. The molecule has 0 saturated heterocycles. The molecule has 0 atom stereocenters. The van der Waals surface area contributed by atoms with Crippen molar-refractivity contribution in [1.29, 1.82) is 0 Å². The molecule has 0 aliphatic heterocycles. The number of benzene rings is 6. The van der Waals surface area contributed by atoms with Crippen LogP contribution in [0.4, 0.5) is 0 Å². The maximum atomic E-state index is 5.29. The minimum Gasteiger partial charge on any atom is -0.294 e. The number of pyridine rings is 1. The first-order valence-electron chi connectivity index (χ1n) is 15.5. The van der Waals surface area contributed by atoms with Gasteiger partial charge in [0.25, 0.3) is 0 Å². The van der Waals surface area contributed by atoms with Crippen LogP contribution in [-0.4, -0.2) is 24.1 Å². The van der Waals surface area contributed by atoms with Crippen molar-refractivity contribution in [2.45, 2.75) is 0 Å². The summed E-state index contributed by atoms with van der Waals surface area (Å²) in [5.74, 6) is 1.53. The number of para-hydroxylation sites is 2. The van der Waals surface area contributed by atoms with Crippen molar-refractivity contribution in [3.8, 4) is 23.0 Å². The molecule has 5 nitrogen and oxygen atoms in total. The van der Waals surface area contributed by atoms with Crippen molar-refractivity contribution in [1.82, 2.24) is 24.1 Å². The molecule has 6 aromatic carbocycles. The summed E-state index contributed by atoms with van der Waals surface area (Å²) in [6.07, 6.45) is 1.86. The topological polar surface area (TPSA) is 48.5 Å². The molecule has 4 heterocycles. The van der Waals surface area contributed by atoms with Crippen molar-refractivity contribution >= 4 is 65.3 Å². The smallest absolute Gasteiger partial charge is 0.235 e. The van der Waals surface area contributed by atoms with E-state index in [1.165, 1.54) is 21.5 Å². The molecule has 0 aliphatic carbocycles. The van der Waals surface area contributed by atoms with Gasteiger partial charge in [-0.25, -0.2) is 15.0 Å². The maximum Gasteiger partial charge on any atom is 0.235 e. The third kappa shape index (κ3) is 3.60. The zero-order valence-electron chi connectivity index (χ0n) is 24.7. The Morgan fingerprint density at radius 1 is 0.413 bits per heavy atom. The lowest BCUT2D eigenvalue weighted by Crippen LogP contribution is -2.03. The van der Waals surface area contributed by atoms with E-state index in [0.717, 1.165) is 60.8 Å². The van der Waals surface area contributed by atoms with E-state index >= 15 is 0 Å². The van der Waals surface area contributed by atoms with Crippen LogP contribution in [0.2, 0.25) is 0 Å². The van der Waals surface area contributed by atoms with Crippen molar-refractivity contribution in [2.75, 3.05) is 0 Å². The first kappa shape index (κ1) is 25.0. The van der Waals surface area contributed by atoms with Gasteiger partial charge in [-0.15, -0.1) is 0 Å². The Bertz CT molecular complexity index is 2790. The molecule has 46 heavy (non-hydrogen) atoms. The van der Waals surface area contributed by atoms with Gasteiger partial charge >= 0.3 is 0 Å². The third-order valence-corrected chi connectivity index (χ3v) is 9.14. The third-order valence-electron chi connectivity index (χ3n) is 9.14. The summed E-state index contributed by atoms with van der Waals surface area (Å²) >= 11 is 0. The van der Waals surface area contributed by atoms with E-state index in [2.05, 4.69) is 130 Å². The highest BCUT2D eigenvalue weighted by molar-refractivity contribution is 6.20. The van der Waals surface area contributed by atoms with Gasteiger partial charge in [0, 0.05) is 38.7 Å². The molecule has 10 rings (SSSR count). The summed E-state index contributed by atoms with van der Waals surface area (Å²) in [6.45, 7) is 0. The summed E-state index contributed by atoms with van der Waals surface area (Å²) in [7, 11) is 0. The van der Waals surface area contributed by atoms with Crippen LogP contribution in [0.25, 0.3) is 88.3 Å². The van der Waals surface area contributed by atoms with Crippen LogP contribution in [-0.2, 0) is 0 Å². The number of fused-ring (bicyclic) bond motifs is 8. The fourth-order valence-corrected chi connectivity index (χ4v) is 7.09. The predicted octanol–water partition coefficient (Wildman–Crippen LogP) is 10.0. The molecule has 0 bridgehead atoms. The van der Waals surface area contributed by atoms with Crippen molar-refractivity contribution in [2.24, 2.45) is 0 Å². The van der Waals surface area contributed by atoms with Gasteiger partial charge in [0.15, 0.2) is 0 Å². The first-order chi connectivity index (χ1) is 22.8. The normalized spacial score (nSPS) is 11.9. The monoisotopic (exact) mass is 587 g/mol. The van der Waals surface area contributed by atoms with Crippen LogP contribution in [0, 0.1) is 0 Å². The molecule has 0 aliphatic rings. The molecule has 0 amide bonds. The zero-order chi connectivity index (χ0) is 30.2. The van der Waals surface area contributed by atoms with Crippen molar-refractivity contribution in [3.63, 3.8) is 0 Å². The Balaban J connectivity index is 1.37. The lowest BCUT2D eigenvalue weighted by atomic mass is 10.0. The van der Waals surface area contributed by atoms with E-state index in [9.17, 15) is 0 Å². The van der Waals surface area contributed by atoms with Crippen LogP contribution in [0.1, 0.15) is 0 Å². The van der Waals surface area contributed by atoms with Crippen LogP contribution in [0.5, 0.6) is 0 Å². The van der Waals surface area contributed by atoms with E-state index in [4.69, 9.17) is 15.0 Å². The molecule has 0 fully saturated rings. The number of aromatic nitrogens is 5. The highest BCUT2D eigenvalue weighted by atomic mass is 15.2. The molecule has 5 heteroatoms. The van der Waals surface area contributed by atoms with Crippen molar-refractivity contribution < 1.29 is 0 Å². The molecule has 0 N–H and O–H groups in total. The van der Waals surface area contributed by atoms with Gasteiger partial charge in [-0.1, -0.05) is 97.1 Å². The van der Waals surface area contributed by atoms with Crippen LogP contribution in [0.15, 0.2) is 152 Å². The van der Waals surface area contributed by atoms with E-state index in [1.54, 1.807) is 0 Å². The Kier molecular flexibility index (Phi) is 5.22. The average molecular weight is 588 g/mol. The summed E-state index contributed by atoms with van der Waals surface area (Å²) in [5.41, 5.74) is 7.22. The van der Waals surface area contributed by atoms with Crippen LogP contribution < -0.4 is 0 Å². The number of rotatable bonds is 3. The van der Waals surface area contributed by atoms with E-state index in [0.29, 0.717) is 5.95 Å². The molecule has 0 saturated carbocycles. The second kappa shape index (κ2) is 9.58. The predicted molar refractivity (Wildman–Crippen MR) is 189 cm³/mol. The van der Waals surface area contributed by atoms with Gasteiger partial charge in [0.2, 0.25) is 5.95 Å². The highest BCUT2D eigenvalue weighted by Gasteiger charge is 2.21. The summed E-state index contributed by atoms with van der Waals surface area (Å²) < 4.78 is 4.51. The highest BCUT2D eigenvalue weighted by Crippen LogP contribution is 2.40. The Labute approximate surface area is 263 Å². The van der Waals surface area contributed by atoms with Crippen molar-refractivity contribution in [3.05, 3.63) is 152 Å². The molecule has 214 valence electrons. The largest absolute Gasteiger partial charge is 0.294 e. The minimum atomic E-state index is 0.648. The molecule has 4 aromatic heterocycles. The second-order valence-corrected chi connectivity index (χ2v) is 11.7.